The molecule has 0 spiro atoms. The minimum atomic E-state index is -0.685. The van der Waals surface area contributed by atoms with Gasteiger partial charge in [0.2, 0.25) is 5.78 Å². The van der Waals surface area contributed by atoms with Crippen LogP contribution in [0.3, 0.4) is 0 Å². The molecule has 0 aliphatic rings. The number of rotatable bonds is 3. The average Bonchev–Trinajstić information content (AvgIpc) is 2.17. The number of hydrogen-bond donors (Lipinski definition) is 0. The number of hydrogen-bond acceptors (Lipinski definition) is 4. The Morgan fingerprint density at radius 2 is 1.85 bits per heavy atom. The van der Waals surface area contributed by atoms with Crippen molar-refractivity contribution >= 4 is 17.8 Å². The lowest BCUT2D eigenvalue weighted by atomic mass is 10.1. The summed E-state index contributed by atoms with van der Waals surface area (Å²) in [5.74, 6) is -0.685. The molecule has 0 atom stereocenters. The molecule has 5 nitrogen and oxygen atoms in total. The molecule has 1 rings (SSSR count). The Labute approximate surface area is 73.1 Å². The van der Waals surface area contributed by atoms with Crippen LogP contribution in [0.4, 0.5) is 5.69 Å². The van der Waals surface area contributed by atoms with Gasteiger partial charge in [-0.3, -0.25) is 19.7 Å². The smallest absolute Gasteiger partial charge is 0.269 e. The van der Waals surface area contributed by atoms with E-state index in [1.165, 1.54) is 24.3 Å². The van der Waals surface area contributed by atoms with E-state index in [9.17, 15) is 19.7 Å². The number of non-ortho nitro benzene ring substituents is 1. The maximum Gasteiger partial charge on any atom is 0.269 e. The van der Waals surface area contributed by atoms with Crippen molar-refractivity contribution in [2.24, 2.45) is 0 Å². The molecular weight excluding hydrogens is 174 g/mol. The summed E-state index contributed by atoms with van der Waals surface area (Å²) in [6.45, 7) is 0. The molecule has 0 saturated heterocycles. The van der Waals surface area contributed by atoms with Crippen molar-refractivity contribution in [2.75, 3.05) is 0 Å². The molecule has 0 unspecified atom stereocenters. The summed E-state index contributed by atoms with van der Waals surface area (Å²) < 4.78 is 0. The first-order chi connectivity index (χ1) is 6.15. The molecule has 0 amide bonds. The van der Waals surface area contributed by atoms with Crippen LogP contribution in [-0.2, 0) is 4.79 Å². The molecule has 0 fully saturated rings. The van der Waals surface area contributed by atoms with Gasteiger partial charge in [0.1, 0.15) is 0 Å². The molecule has 1 aromatic carbocycles. The number of nitrogens with zero attached hydrogens (tertiary/aromatic N) is 1. The summed E-state index contributed by atoms with van der Waals surface area (Å²) >= 11 is 0. The number of carbonyl (C=O) groups is 2. The second-order valence-corrected chi connectivity index (χ2v) is 2.29. The fourth-order valence-corrected chi connectivity index (χ4v) is 0.815. The summed E-state index contributed by atoms with van der Waals surface area (Å²) in [5.41, 5.74) is 0.0445. The highest BCUT2D eigenvalue weighted by molar-refractivity contribution is 6.33. The Morgan fingerprint density at radius 3 is 2.23 bits per heavy atom. The van der Waals surface area contributed by atoms with Crippen LogP contribution in [-0.4, -0.2) is 17.0 Å². The molecule has 0 radical (unpaired) electrons. The van der Waals surface area contributed by atoms with Crippen LogP contribution >= 0.6 is 0 Å². The lowest BCUT2D eigenvalue weighted by Crippen LogP contribution is -1.99. The number of nitro benzene ring substituents is 1. The Kier molecular flexibility index (Phi) is 2.49. The largest absolute Gasteiger partial charge is 0.294 e. The predicted molar refractivity (Wildman–Crippen MR) is 43.5 cm³/mol. The van der Waals surface area contributed by atoms with Gasteiger partial charge < -0.3 is 0 Å². The quantitative estimate of drug-likeness (QED) is 0.228. The topological polar surface area (TPSA) is 77.3 Å². The molecule has 0 saturated carbocycles. The second kappa shape index (κ2) is 3.57. The van der Waals surface area contributed by atoms with Gasteiger partial charge in [-0.05, 0) is 12.1 Å². The maximum absolute atomic E-state index is 10.8. The number of nitro groups is 1. The first-order valence-corrected chi connectivity index (χ1v) is 3.39. The van der Waals surface area contributed by atoms with Crippen molar-refractivity contribution in [1.29, 1.82) is 0 Å². The molecule has 5 heteroatoms. The van der Waals surface area contributed by atoms with Gasteiger partial charge in [-0.15, -0.1) is 0 Å². The Balaban J connectivity index is 3.00. The van der Waals surface area contributed by atoms with Crippen LogP contribution in [0.2, 0.25) is 0 Å². The van der Waals surface area contributed by atoms with Crippen LogP contribution < -0.4 is 0 Å². The van der Waals surface area contributed by atoms with Crippen molar-refractivity contribution < 1.29 is 14.5 Å². The Bertz CT molecular complexity index is 355. The van der Waals surface area contributed by atoms with Crippen molar-refractivity contribution in [2.45, 2.75) is 0 Å². The molecule has 0 N–H and O–H groups in total. The standard InChI is InChI=1S/C8H5NO4/c10-5-8(11)6-1-3-7(4-2-6)9(12)13/h1-5H. The lowest BCUT2D eigenvalue weighted by Gasteiger charge is -1.92. The zero-order valence-electron chi connectivity index (χ0n) is 6.47. The highest BCUT2D eigenvalue weighted by atomic mass is 16.6. The number of Topliss-reactive ketones (excluding diaryl/α,β-unsaturated/α-hetero) is 1. The molecule has 0 aromatic heterocycles. The minimum absolute atomic E-state index is 0.109. The van der Waals surface area contributed by atoms with E-state index in [2.05, 4.69) is 0 Å². The van der Waals surface area contributed by atoms with Crippen LogP contribution in [0.5, 0.6) is 0 Å². The first kappa shape index (κ1) is 9.05. The van der Waals surface area contributed by atoms with Gasteiger partial charge >= 0.3 is 0 Å². The van der Waals surface area contributed by atoms with E-state index in [1.54, 1.807) is 0 Å². The third-order valence-corrected chi connectivity index (χ3v) is 1.47. The van der Waals surface area contributed by atoms with Crippen molar-refractivity contribution in [3.63, 3.8) is 0 Å². The monoisotopic (exact) mass is 179 g/mol. The summed E-state index contributed by atoms with van der Waals surface area (Å²) in [6, 6.07) is 4.84. The summed E-state index contributed by atoms with van der Waals surface area (Å²) in [4.78, 5) is 30.4. The first-order valence-electron chi connectivity index (χ1n) is 3.39. The van der Waals surface area contributed by atoms with E-state index in [1.807, 2.05) is 0 Å². The van der Waals surface area contributed by atoms with Gasteiger partial charge in [-0.1, -0.05) is 0 Å². The molecule has 0 heterocycles. The number of aldehydes is 1. The summed E-state index contributed by atoms with van der Waals surface area (Å²) in [6.07, 6.45) is 0.168. The number of ketones is 1. The third-order valence-electron chi connectivity index (χ3n) is 1.47. The van der Waals surface area contributed by atoms with E-state index in [-0.39, 0.29) is 17.5 Å². The minimum Gasteiger partial charge on any atom is -0.294 e. The highest BCUT2D eigenvalue weighted by Crippen LogP contribution is 2.11. The lowest BCUT2D eigenvalue weighted by molar-refractivity contribution is -0.384. The van der Waals surface area contributed by atoms with Crippen molar-refractivity contribution in [3.05, 3.63) is 39.9 Å². The van der Waals surface area contributed by atoms with Gasteiger partial charge in [0, 0.05) is 17.7 Å². The molecule has 0 bridgehead atoms. The van der Waals surface area contributed by atoms with Crippen LogP contribution in [0.15, 0.2) is 24.3 Å². The number of carbonyl (C=O) groups excluding carboxylic acids is 2. The third kappa shape index (κ3) is 1.96. The van der Waals surface area contributed by atoms with E-state index < -0.39 is 10.7 Å². The average molecular weight is 179 g/mol. The van der Waals surface area contributed by atoms with Crippen molar-refractivity contribution in [3.8, 4) is 0 Å². The van der Waals surface area contributed by atoms with Crippen LogP contribution in [0.25, 0.3) is 0 Å². The van der Waals surface area contributed by atoms with E-state index in [0.29, 0.717) is 0 Å². The van der Waals surface area contributed by atoms with Gasteiger partial charge in [-0.2, -0.15) is 0 Å². The molecule has 13 heavy (non-hydrogen) atoms. The molecular formula is C8H5NO4. The van der Waals surface area contributed by atoms with Gasteiger partial charge in [0.05, 0.1) is 4.92 Å². The Morgan fingerprint density at radius 1 is 1.31 bits per heavy atom. The number of benzene rings is 1. The van der Waals surface area contributed by atoms with Gasteiger partial charge in [0.15, 0.2) is 6.29 Å². The van der Waals surface area contributed by atoms with E-state index >= 15 is 0 Å². The van der Waals surface area contributed by atoms with Gasteiger partial charge in [-0.25, -0.2) is 0 Å². The fourth-order valence-electron chi connectivity index (χ4n) is 0.815. The van der Waals surface area contributed by atoms with Crippen LogP contribution in [0.1, 0.15) is 10.4 Å². The molecule has 0 aliphatic heterocycles. The highest BCUT2D eigenvalue weighted by Gasteiger charge is 2.07. The predicted octanol–water partition coefficient (Wildman–Crippen LogP) is 0.976. The van der Waals surface area contributed by atoms with Crippen LogP contribution in [0, 0.1) is 10.1 Å². The molecule has 1 aromatic rings. The second-order valence-electron chi connectivity index (χ2n) is 2.29. The molecule has 66 valence electrons. The zero-order valence-corrected chi connectivity index (χ0v) is 6.47. The summed E-state index contributed by atoms with van der Waals surface area (Å²) in [5, 5.41) is 10.2. The zero-order chi connectivity index (χ0) is 9.84. The fraction of sp³-hybridized carbons (Fsp3) is 0. The SMILES string of the molecule is O=CC(=O)c1ccc([N+](=O)[O-])cc1. The van der Waals surface area contributed by atoms with Crippen molar-refractivity contribution in [1.82, 2.24) is 0 Å². The summed E-state index contributed by atoms with van der Waals surface area (Å²) in [7, 11) is 0. The normalized spacial score (nSPS) is 9.23. The van der Waals surface area contributed by atoms with E-state index in [4.69, 9.17) is 0 Å². The Hall–Kier alpha value is -2.04. The van der Waals surface area contributed by atoms with E-state index in [0.717, 1.165) is 0 Å². The molecule has 0 aliphatic carbocycles. The maximum atomic E-state index is 10.8. The van der Waals surface area contributed by atoms with Gasteiger partial charge in [0.25, 0.3) is 5.69 Å².